The van der Waals surface area contributed by atoms with Gasteiger partial charge in [0, 0.05) is 17.5 Å². The molecule has 0 aliphatic carbocycles. The first kappa shape index (κ1) is 15.6. The predicted octanol–water partition coefficient (Wildman–Crippen LogP) is 3.01. The largest absolute Gasteiger partial charge is 0.492 e. The third-order valence-corrected chi connectivity index (χ3v) is 5.57. The maximum atomic E-state index is 12.3. The molecule has 1 aromatic rings. The fourth-order valence-corrected chi connectivity index (χ4v) is 4.41. The van der Waals surface area contributed by atoms with Gasteiger partial charge in [0.15, 0.2) is 15.6 Å². The third kappa shape index (κ3) is 3.27. The van der Waals surface area contributed by atoms with Gasteiger partial charge in [-0.2, -0.15) is 0 Å². The number of carbonyl (C=O) groups is 1. The van der Waals surface area contributed by atoms with Gasteiger partial charge in [-0.1, -0.05) is 23.2 Å². The predicted molar refractivity (Wildman–Crippen MR) is 78.7 cm³/mol. The molecule has 0 bridgehead atoms. The molecule has 4 nitrogen and oxygen atoms in total. The highest BCUT2D eigenvalue weighted by Crippen LogP contribution is 2.34. The Kier molecular flexibility index (Phi) is 4.62. The SMILES string of the molecule is CCOc1cc(Cl)c(C(=O)C2CCS(=O)(=O)C2)cc1Cl. The Balaban J connectivity index is 2.29. The molecular formula is C13H14Cl2O4S. The molecule has 20 heavy (non-hydrogen) atoms. The van der Waals surface area contributed by atoms with Crippen molar-refractivity contribution in [3.63, 3.8) is 0 Å². The summed E-state index contributed by atoms with van der Waals surface area (Å²) in [6.45, 7) is 2.25. The molecule has 2 rings (SSSR count). The molecule has 1 atom stereocenters. The minimum absolute atomic E-state index is 0.0474. The van der Waals surface area contributed by atoms with Gasteiger partial charge in [0.1, 0.15) is 5.75 Å². The molecule has 0 radical (unpaired) electrons. The van der Waals surface area contributed by atoms with E-state index < -0.39 is 15.8 Å². The van der Waals surface area contributed by atoms with Gasteiger partial charge in [0.2, 0.25) is 0 Å². The van der Waals surface area contributed by atoms with Crippen LogP contribution in [0.5, 0.6) is 5.75 Å². The zero-order valence-electron chi connectivity index (χ0n) is 10.9. The molecule has 110 valence electrons. The summed E-state index contributed by atoms with van der Waals surface area (Å²) >= 11 is 12.1. The van der Waals surface area contributed by atoms with Crippen LogP contribution in [0.2, 0.25) is 10.0 Å². The maximum absolute atomic E-state index is 12.3. The van der Waals surface area contributed by atoms with E-state index >= 15 is 0 Å². The van der Waals surface area contributed by atoms with Gasteiger partial charge in [-0.05, 0) is 19.4 Å². The summed E-state index contributed by atoms with van der Waals surface area (Å²) in [5.74, 6) is -0.471. The fraction of sp³-hybridized carbons (Fsp3) is 0.462. The lowest BCUT2D eigenvalue weighted by Crippen LogP contribution is -2.16. The Bertz CT molecular complexity index is 640. The monoisotopic (exact) mass is 336 g/mol. The fourth-order valence-electron chi connectivity index (χ4n) is 2.21. The minimum atomic E-state index is -3.11. The number of halogens is 2. The van der Waals surface area contributed by atoms with Crippen molar-refractivity contribution in [3.8, 4) is 5.75 Å². The second-order valence-corrected chi connectivity index (χ2v) is 7.70. The second kappa shape index (κ2) is 5.92. The van der Waals surface area contributed by atoms with E-state index in [1.807, 2.05) is 6.92 Å². The van der Waals surface area contributed by atoms with E-state index in [-0.39, 0.29) is 27.9 Å². The Hall–Kier alpha value is -0.780. The summed E-state index contributed by atoms with van der Waals surface area (Å²) in [4.78, 5) is 12.3. The van der Waals surface area contributed by atoms with Crippen LogP contribution in [-0.4, -0.2) is 32.3 Å². The van der Waals surface area contributed by atoms with Crippen LogP contribution in [0.25, 0.3) is 0 Å². The van der Waals surface area contributed by atoms with Crippen LogP contribution >= 0.6 is 23.2 Å². The molecule has 1 aliphatic rings. The van der Waals surface area contributed by atoms with Crippen molar-refractivity contribution < 1.29 is 17.9 Å². The highest BCUT2D eigenvalue weighted by Gasteiger charge is 2.34. The number of ether oxygens (including phenoxy) is 1. The molecule has 1 unspecified atom stereocenters. The molecule has 0 spiro atoms. The minimum Gasteiger partial charge on any atom is -0.492 e. The molecule has 1 aliphatic heterocycles. The number of ketones is 1. The molecule has 0 aromatic heterocycles. The zero-order valence-corrected chi connectivity index (χ0v) is 13.2. The Morgan fingerprint density at radius 3 is 2.60 bits per heavy atom. The first-order chi connectivity index (χ1) is 9.34. The van der Waals surface area contributed by atoms with E-state index in [9.17, 15) is 13.2 Å². The van der Waals surface area contributed by atoms with Gasteiger partial charge < -0.3 is 4.74 Å². The molecule has 7 heteroatoms. The number of hydrogen-bond donors (Lipinski definition) is 0. The van der Waals surface area contributed by atoms with Crippen molar-refractivity contribution in [1.82, 2.24) is 0 Å². The summed E-state index contributed by atoms with van der Waals surface area (Å²) in [7, 11) is -3.11. The molecule has 1 aromatic carbocycles. The number of sulfone groups is 1. The van der Waals surface area contributed by atoms with Gasteiger partial charge in [0.05, 0.1) is 28.2 Å². The highest BCUT2D eigenvalue weighted by atomic mass is 35.5. The molecule has 0 saturated carbocycles. The summed E-state index contributed by atoms with van der Waals surface area (Å²) in [6, 6.07) is 2.94. The van der Waals surface area contributed by atoms with Crippen LogP contribution in [-0.2, 0) is 9.84 Å². The van der Waals surface area contributed by atoms with Crippen molar-refractivity contribution in [2.24, 2.45) is 5.92 Å². The van der Waals surface area contributed by atoms with Crippen LogP contribution in [0, 0.1) is 5.92 Å². The van der Waals surface area contributed by atoms with Crippen LogP contribution in [0.4, 0.5) is 0 Å². The Morgan fingerprint density at radius 2 is 2.05 bits per heavy atom. The van der Waals surface area contributed by atoms with Crippen molar-refractivity contribution >= 4 is 38.8 Å². The average Bonchev–Trinajstić information content (AvgIpc) is 2.73. The summed E-state index contributed by atoms with van der Waals surface area (Å²) in [5, 5.41) is 0.521. The van der Waals surface area contributed by atoms with E-state index in [2.05, 4.69) is 0 Å². The lowest BCUT2D eigenvalue weighted by molar-refractivity contribution is 0.0933. The normalized spacial score (nSPS) is 20.9. The summed E-state index contributed by atoms with van der Waals surface area (Å²) < 4.78 is 28.2. The Morgan fingerprint density at radius 1 is 1.35 bits per heavy atom. The standard InChI is InChI=1S/C13H14Cl2O4S/c1-2-19-12-6-10(14)9(5-11(12)15)13(16)8-3-4-20(17,18)7-8/h5-6,8H,2-4,7H2,1H3. The maximum Gasteiger partial charge on any atom is 0.168 e. The zero-order chi connectivity index (χ0) is 14.9. The van der Waals surface area contributed by atoms with Gasteiger partial charge in [-0.3, -0.25) is 4.79 Å². The molecule has 1 saturated heterocycles. The number of Topliss-reactive ketones (excluding diaryl/α,β-unsaturated/α-hetero) is 1. The first-order valence-corrected chi connectivity index (χ1v) is 8.78. The van der Waals surface area contributed by atoms with E-state index in [1.165, 1.54) is 12.1 Å². The molecule has 1 heterocycles. The lowest BCUT2D eigenvalue weighted by atomic mass is 9.97. The number of benzene rings is 1. The molecule has 0 amide bonds. The first-order valence-electron chi connectivity index (χ1n) is 6.20. The van der Waals surface area contributed by atoms with E-state index in [4.69, 9.17) is 27.9 Å². The third-order valence-electron chi connectivity index (χ3n) is 3.19. The molecular weight excluding hydrogens is 323 g/mol. The van der Waals surface area contributed by atoms with Crippen molar-refractivity contribution in [1.29, 1.82) is 0 Å². The molecule has 0 N–H and O–H groups in total. The van der Waals surface area contributed by atoms with Crippen molar-refractivity contribution in [2.45, 2.75) is 13.3 Å². The topological polar surface area (TPSA) is 60.4 Å². The van der Waals surface area contributed by atoms with Crippen molar-refractivity contribution in [2.75, 3.05) is 18.1 Å². The van der Waals surface area contributed by atoms with E-state index in [0.29, 0.717) is 23.8 Å². The lowest BCUT2D eigenvalue weighted by Gasteiger charge is -2.12. The Labute approximate surface area is 127 Å². The number of hydrogen-bond acceptors (Lipinski definition) is 4. The highest BCUT2D eigenvalue weighted by molar-refractivity contribution is 7.91. The second-order valence-electron chi connectivity index (χ2n) is 4.66. The summed E-state index contributed by atoms with van der Waals surface area (Å²) in [5.41, 5.74) is 0.252. The van der Waals surface area contributed by atoms with Crippen LogP contribution < -0.4 is 4.74 Å². The van der Waals surface area contributed by atoms with Crippen molar-refractivity contribution in [3.05, 3.63) is 27.7 Å². The van der Waals surface area contributed by atoms with Crippen LogP contribution in [0.15, 0.2) is 12.1 Å². The van der Waals surface area contributed by atoms with Gasteiger partial charge in [-0.25, -0.2) is 8.42 Å². The summed E-state index contributed by atoms with van der Waals surface area (Å²) in [6.07, 6.45) is 0.336. The van der Waals surface area contributed by atoms with Gasteiger partial charge in [-0.15, -0.1) is 0 Å². The van der Waals surface area contributed by atoms with E-state index in [0.717, 1.165) is 0 Å². The van der Waals surface area contributed by atoms with Crippen LogP contribution in [0.1, 0.15) is 23.7 Å². The number of rotatable bonds is 4. The van der Waals surface area contributed by atoms with Crippen LogP contribution in [0.3, 0.4) is 0 Å². The van der Waals surface area contributed by atoms with E-state index in [1.54, 1.807) is 0 Å². The number of carbonyl (C=O) groups excluding carboxylic acids is 1. The molecule has 1 fully saturated rings. The smallest absolute Gasteiger partial charge is 0.168 e. The van der Waals surface area contributed by atoms with Gasteiger partial charge in [0.25, 0.3) is 0 Å². The quantitative estimate of drug-likeness (QED) is 0.793. The van der Waals surface area contributed by atoms with Gasteiger partial charge >= 0.3 is 0 Å². The average molecular weight is 337 g/mol.